The molecule has 0 saturated carbocycles. The van der Waals surface area contributed by atoms with Crippen molar-refractivity contribution in [1.82, 2.24) is 0 Å². The molecule has 0 aliphatic rings. The fourth-order valence-corrected chi connectivity index (χ4v) is 2.25. The molecular weight excluding hydrogens is 265 g/mol. The van der Waals surface area contributed by atoms with Crippen molar-refractivity contribution >= 4 is 11.6 Å². The predicted octanol–water partition coefficient (Wildman–Crippen LogP) is 3.84. The number of hydrogen-bond donors (Lipinski definition) is 1. The second kappa shape index (κ2) is 5.59. The third-order valence-electron chi connectivity index (χ3n) is 3.01. The van der Waals surface area contributed by atoms with Crippen molar-refractivity contribution in [1.29, 1.82) is 0 Å². The Morgan fingerprint density at radius 2 is 1.89 bits per heavy atom. The van der Waals surface area contributed by atoms with Crippen molar-refractivity contribution < 1.29 is 9.13 Å². The highest BCUT2D eigenvalue weighted by Gasteiger charge is 2.17. The quantitative estimate of drug-likeness (QED) is 0.926. The first-order valence-corrected chi connectivity index (χ1v) is 6.26. The maximum Gasteiger partial charge on any atom is 0.123 e. The summed E-state index contributed by atoms with van der Waals surface area (Å²) in [5.41, 5.74) is 8.59. The zero-order chi connectivity index (χ0) is 14.0. The molecule has 2 N–H and O–H groups in total. The molecule has 0 heterocycles. The van der Waals surface area contributed by atoms with Crippen LogP contribution in [0.25, 0.3) is 0 Å². The van der Waals surface area contributed by atoms with Gasteiger partial charge in [-0.25, -0.2) is 4.39 Å². The largest absolute Gasteiger partial charge is 0.496 e. The van der Waals surface area contributed by atoms with Gasteiger partial charge in [0, 0.05) is 10.6 Å². The van der Waals surface area contributed by atoms with Crippen LogP contribution in [0.3, 0.4) is 0 Å². The first-order valence-electron chi connectivity index (χ1n) is 5.88. The van der Waals surface area contributed by atoms with Gasteiger partial charge < -0.3 is 10.5 Å². The highest BCUT2D eigenvalue weighted by Crippen LogP contribution is 2.32. The van der Waals surface area contributed by atoms with Gasteiger partial charge in [-0.05, 0) is 36.8 Å². The zero-order valence-electron chi connectivity index (χ0n) is 10.8. The van der Waals surface area contributed by atoms with Gasteiger partial charge in [0.2, 0.25) is 0 Å². The molecule has 2 nitrogen and oxygen atoms in total. The van der Waals surface area contributed by atoms with Crippen LogP contribution >= 0.6 is 11.6 Å². The summed E-state index contributed by atoms with van der Waals surface area (Å²) in [5, 5.41) is 0.442. The highest BCUT2D eigenvalue weighted by atomic mass is 35.5. The van der Waals surface area contributed by atoms with E-state index in [0.29, 0.717) is 16.3 Å². The molecule has 0 aromatic heterocycles. The zero-order valence-corrected chi connectivity index (χ0v) is 11.5. The second-order valence-corrected chi connectivity index (χ2v) is 4.80. The van der Waals surface area contributed by atoms with Gasteiger partial charge in [-0.3, -0.25) is 0 Å². The SMILES string of the molecule is COc1ccc(C)cc1C(N)c1cc(F)ccc1Cl. The third kappa shape index (κ3) is 2.88. The van der Waals surface area contributed by atoms with E-state index in [9.17, 15) is 4.39 Å². The Hall–Kier alpha value is -1.58. The summed E-state index contributed by atoms with van der Waals surface area (Å²) in [5.74, 6) is 0.305. The number of aryl methyl sites for hydroxylation is 1. The number of ether oxygens (including phenoxy) is 1. The van der Waals surface area contributed by atoms with Crippen LogP contribution in [0.2, 0.25) is 5.02 Å². The number of halogens is 2. The van der Waals surface area contributed by atoms with Crippen molar-refractivity contribution in [3.05, 3.63) is 63.9 Å². The van der Waals surface area contributed by atoms with Gasteiger partial charge in [0.25, 0.3) is 0 Å². The van der Waals surface area contributed by atoms with E-state index < -0.39 is 6.04 Å². The molecule has 0 amide bonds. The van der Waals surface area contributed by atoms with E-state index in [0.717, 1.165) is 11.1 Å². The molecule has 2 rings (SSSR count). The first kappa shape index (κ1) is 13.8. The summed E-state index contributed by atoms with van der Waals surface area (Å²) in [6.07, 6.45) is 0. The number of hydrogen-bond acceptors (Lipinski definition) is 2. The average molecular weight is 280 g/mol. The van der Waals surface area contributed by atoms with Crippen LogP contribution in [0, 0.1) is 12.7 Å². The Morgan fingerprint density at radius 3 is 2.58 bits per heavy atom. The predicted molar refractivity (Wildman–Crippen MR) is 75.2 cm³/mol. The molecule has 1 unspecified atom stereocenters. The fourth-order valence-electron chi connectivity index (χ4n) is 2.02. The molecule has 0 fully saturated rings. The molecule has 4 heteroatoms. The number of methoxy groups -OCH3 is 1. The van der Waals surface area contributed by atoms with Gasteiger partial charge in [0.15, 0.2) is 0 Å². The maximum atomic E-state index is 13.3. The lowest BCUT2D eigenvalue weighted by Gasteiger charge is -2.18. The van der Waals surface area contributed by atoms with Gasteiger partial charge in [-0.15, -0.1) is 0 Å². The van der Waals surface area contributed by atoms with Crippen LogP contribution in [0.4, 0.5) is 4.39 Å². The smallest absolute Gasteiger partial charge is 0.123 e. The van der Waals surface area contributed by atoms with Crippen LogP contribution < -0.4 is 10.5 Å². The Labute approximate surface area is 117 Å². The van der Waals surface area contributed by atoms with Gasteiger partial charge >= 0.3 is 0 Å². The summed E-state index contributed by atoms with van der Waals surface area (Å²) < 4.78 is 18.6. The summed E-state index contributed by atoms with van der Waals surface area (Å²) in [6.45, 7) is 1.96. The Balaban J connectivity index is 2.51. The molecule has 19 heavy (non-hydrogen) atoms. The number of rotatable bonds is 3. The number of nitrogens with two attached hydrogens (primary N) is 1. The lowest BCUT2D eigenvalue weighted by Crippen LogP contribution is -2.14. The minimum atomic E-state index is -0.530. The van der Waals surface area contributed by atoms with Crippen molar-refractivity contribution in [3.8, 4) is 5.75 Å². The Kier molecular flexibility index (Phi) is 4.08. The van der Waals surface area contributed by atoms with Crippen LogP contribution in [0.5, 0.6) is 5.75 Å². The number of benzene rings is 2. The Morgan fingerprint density at radius 1 is 1.16 bits per heavy atom. The lowest BCUT2D eigenvalue weighted by atomic mass is 9.97. The van der Waals surface area contributed by atoms with E-state index in [-0.39, 0.29) is 5.82 Å². The van der Waals surface area contributed by atoms with E-state index in [1.165, 1.54) is 18.2 Å². The van der Waals surface area contributed by atoms with E-state index >= 15 is 0 Å². The fraction of sp³-hybridized carbons (Fsp3) is 0.200. The molecule has 0 spiro atoms. The minimum absolute atomic E-state index is 0.360. The van der Waals surface area contributed by atoms with Crippen LogP contribution in [0.15, 0.2) is 36.4 Å². The molecule has 0 saturated heterocycles. The molecule has 1 atom stereocenters. The highest BCUT2D eigenvalue weighted by molar-refractivity contribution is 6.31. The molecule has 0 aliphatic heterocycles. The van der Waals surface area contributed by atoms with E-state index in [1.807, 2.05) is 25.1 Å². The van der Waals surface area contributed by atoms with Crippen molar-refractivity contribution in [2.75, 3.05) is 7.11 Å². The van der Waals surface area contributed by atoms with Gasteiger partial charge in [0.1, 0.15) is 11.6 Å². The van der Waals surface area contributed by atoms with Crippen LogP contribution in [-0.4, -0.2) is 7.11 Å². The van der Waals surface area contributed by atoms with Crippen LogP contribution in [-0.2, 0) is 0 Å². The molecule has 2 aromatic carbocycles. The molecule has 100 valence electrons. The Bertz CT molecular complexity index is 601. The van der Waals surface area contributed by atoms with E-state index in [1.54, 1.807) is 7.11 Å². The third-order valence-corrected chi connectivity index (χ3v) is 3.36. The monoisotopic (exact) mass is 279 g/mol. The maximum absolute atomic E-state index is 13.3. The van der Waals surface area contributed by atoms with E-state index in [2.05, 4.69) is 0 Å². The standard InChI is InChI=1S/C15H15ClFNO/c1-9-3-6-14(19-2)12(7-9)15(18)11-8-10(17)4-5-13(11)16/h3-8,15H,18H2,1-2H3. The summed E-state index contributed by atoms with van der Waals surface area (Å²) >= 11 is 6.09. The second-order valence-electron chi connectivity index (χ2n) is 4.39. The molecule has 2 aromatic rings. The lowest BCUT2D eigenvalue weighted by molar-refractivity contribution is 0.407. The van der Waals surface area contributed by atoms with Crippen molar-refractivity contribution in [2.24, 2.45) is 5.73 Å². The molecule has 0 radical (unpaired) electrons. The van der Waals surface area contributed by atoms with Gasteiger partial charge in [0.05, 0.1) is 13.2 Å². The summed E-state index contributed by atoms with van der Waals surface area (Å²) in [4.78, 5) is 0. The van der Waals surface area contributed by atoms with Crippen molar-refractivity contribution in [2.45, 2.75) is 13.0 Å². The van der Waals surface area contributed by atoms with E-state index in [4.69, 9.17) is 22.1 Å². The molecule has 0 aliphatic carbocycles. The summed E-state index contributed by atoms with van der Waals surface area (Å²) in [7, 11) is 1.58. The topological polar surface area (TPSA) is 35.2 Å². The van der Waals surface area contributed by atoms with Crippen molar-refractivity contribution in [3.63, 3.8) is 0 Å². The first-order chi connectivity index (χ1) is 9.02. The molecular formula is C15H15ClFNO. The minimum Gasteiger partial charge on any atom is -0.496 e. The normalized spacial score (nSPS) is 12.3. The molecule has 0 bridgehead atoms. The average Bonchev–Trinajstić information content (AvgIpc) is 2.40. The summed E-state index contributed by atoms with van der Waals surface area (Å²) in [6, 6.07) is 9.35. The van der Waals surface area contributed by atoms with Gasteiger partial charge in [-0.2, -0.15) is 0 Å². The van der Waals surface area contributed by atoms with Gasteiger partial charge in [-0.1, -0.05) is 29.3 Å². The van der Waals surface area contributed by atoms with Crippen LogP contribution in [0.1, 0.15) is 22.7 Å².